The maximum Gasteiger partial charge on any atom is 0.227 e. The lowest BCUT2D eigenvalue weighted by molar-refractivity contribution is -0.122. The third kappa shape index (κ3) is 6.22. The number of amides is 1. The molecule has 1 aromatic heterocycles. The van der Waals surface area contributed by atoms with Crippen LogP contribution in [0.5, 0.6) is 0 Å². The van der Waals surface area contributed by atoms with Gasteiger partial charge in [0.05, 0.1) is 25.9 Å². The monoisotopic (exact) mass is 552 g/mol. The van der Waals surface area contributed by atoms with Crippen molar-refractivity contribution in [1.82, 2.24) is 20.0 Å². The molecular weight excluding hydrogens is 519 g/mol. The first-order valence-electron chi connectivity index (χ1n) is 11.2. The van der Waals surface area contributed by atoms with Crippen LogP contribution in [0.15, 0.2) is 41.7 Å². The number of hydrogen-bond acceptors (Lipinski definition) is 4. The molecular formula is C23H33IN6O2. The second kappa shape index (κ2) is 11.6. The number of aliphatic imine (C=N–C) groups is 1. The molecule has 1 saturated carbocycles. The molecule has 2 fully saturated rings. The van der Waals surface area contributed by atoms with Gasteiger partial charge in [-0.25, -0.2) is 4.99 Å². The molecule has 1 amide bonds. The number of ether oxygens (including phenoxy) is 1. The summed E-state index contributed by atoms with van der Waals surface area (Å²) in [5.74, 6) is 1.19. The van der Waals surface area contributed by atoms with E-state index >= 15 is 0 Å². The Bertz CT molecular complexity index is 927. The molecule has 0 spiro atoms. The van der Waals surface area contributed by atoms with Crippen LogP contribution < -0.4 is 10.6 Å². The topological polar surface area (TPSA) is 83.8 Å². The Balaban J connectivity index is 0.00000289. The van der Waals surface area contributed by atoms with Crippen molar-refractivity contribution in [3.05, 3.63) is 47.8 Å². The second-order valence-corrected chi connectivity index (χ2v) is 8.24. The number of carbonyl (C=O) groups excluding carboxylic acids is 1. The fourth-order valence-corrected chi connectivity index (χ4v) is 3.90. The average Bonchev–Trinajstić information content (AvgIpc) is 3.16. The first-order chi connectivity index (χ1) is 15.1. The fraction of sp³-hybridized carbons (Fsp3) is 0.522. The van der Waals surface area contributed by atoms with Gasteiger partial charge in [0.15, 0.2) is 5.96 Å². The minimum Gasteiger partial charge on any atom is -0.370 e. The van der Waals surface area contributed by atoms with E-state index in [1.54, 1.807) is 4.68 Å². The van der Waals surface area contributed by atoms with Gasteiger partial charge in [-0.1, -0.05) is 18.6 Å². The molecule has 1 unspecified atom stereocenters. The van der Waals surface area contributed by atoms with E-state index < -0.39 is 0 Å². The zero-order valence-electron chi connectivity index (χ0n) is 18.8. The van der Waals surface area contributed by atoms with Crippen LogP contribution in [0.1, 0.15) is 43.4 Å². The highest BCUT2D eigenvalue weighted by Gasteiger charge is 2.26. The molecule has 0 bridgehead atoms. The summed E-state index contributed by atoms with van der Waals surface area (Å²) in [6.07, 6.45) is 7.01. The Kier molecular flexibility index (Phi) is 8.92. The highest BCUT2D eigenvalue weighted by molar-refractivity contribution is 14.0. The molecule has 2 aromatic rings. The lowest BCUT2D eigenvalue weighted by Gasteiger charge is -2.34. The number of hydrogen-bond donors (Lipinski definition) is 2. The number of nitrogens with one attached hydrogen (secondary N) is 2. The highest BCUT2D eigenvalue weighted by Crippen LogP contribution is 2.27. The maximum atomic E-state index is 12.2. The van der Waals surface area contributed by atoms with Crippen LogP contribution in [-0.2, 0) is 23.1 Å². The first kappa shape index (κ1) is 24.5. The zero-order chi connectivity index (χ0) is 21.6. The molecule has 1 atom stereocenters. The van der Waals surface area contributed by atoms with Crippen LogP contribution >= 0.6 is 24.0 Å². The Morgan fingerprint density at radius 1 is 1.34 bits per heavy atom. The maximum absolute atomic E-state index is 12.2. The van der Waals surface area contributed by atoms with Crippen LogP contribution in [0.4, 0.5) is 5.69 Å². The fourth-order valence-electron chi connectivity index (χ4n) is 3.90. The van der Waals surface area contributed by atoms with Crippen LogP contribution in [-0.4, -0.2) is 52.8 Å². The largest absolute Gasteiger partial charge is 0.370 e. The summed E-state index contributed by atoms with van der Waals surface area (Å²) < 4.78 is 7.77. The lowest BCUT2D eigenvalue weighted by Crippen LogP contribution is -2.48. The first-order valence-corrected chi connectivity index (χ1v) is 11.2. The molecule has 32 heavy (non-hydrogen) atoms. The standard InChI is InChI=1S/C23H32N6O2.HI/c1-3-24-23(29-10-11-31-21(16-29)19-14-26-28(2)15-19)25-13-17-6-4-9-20(12-17)27-22(30)18-7-5-8-18;/h4,6,9,12,14-15,18,21H,3,5,7-8,10-11,13,16H2,1-2H3,(H,24,25)(H,27,30);1H. The minimum absolute atomic E-state index is 0. The van der Waals surface area contributed by atoms with E-state index in [1.165, 1.54) is 0 Å². The highest BCUT2D eigenvalue weighted by atomic mass is 127. The number of rotatable bonds is 6. The molecule has 1 aliphatic carbocycles. The van der Waals surface area contributed by atoms with E-state index in [0.717, 1.165) is 61.7 Å². The summed E-state index contributed by atoms with van der Waals surface area (Å²) in [7, 11) is 1.92. The van der Waals surface area contributed by atoms with E-state index in [0.29, 0.717) is 13.2 Å². The van der Waals surface area contributed by atoms with Gasteiger partial charge in [-0.15, -0.1) is 24.0 Å². The smallest absolute Gasteiger partial charge is 0.227 e. The molecule has 2 aliphatic rings. The summed E-state index contributed by atoms with van der Waals surface area (Å²) in [6.45, 7) is 5.59. The van der Waals surface area contributed by atoms with E-state index in [-0.39, 0.29) is 41.9 Å². The molecule has 2 N–H and O–H groups in total. The minimum atomic E-state index is -0.0173. The average molecular weight is 552 g/mol. The summed E-state index contributed by atoms with van der Waals surface area (Å²) in [4.78, 5) is 19.3. The zero-order valence-corrected chi connectivity index (χ0v) is 21.1. The number of aryl methyl sites for hydroxylation is 1. The van der Waals surface area contributed by atoms with Crippen molar-refractivity contribution in [1.29, 1.82) is 0 Å². The second-order valence-electron chi connectivity index (χ2n) is 8.24. The number of benzene rings is 1. The van der Waals surface area contributed by atoms with Gasteiger partial charge >= 0.3 is 0 Å². The third-order valence-electron chi connectivity index (χ3n) is 5.88. The summed E-state index contributed by atoms with van der Waals surface area (Å²) in [5.41, 5.74) is 2.99. The van der Waals surface area contributed by atoms with Crippen molar-refractivity contribution < 1.29 is 9.53 Å². The predicted molar refractivity (Wildman–Crippen MR) is 136 cm³/mol. The molecule has 1 aliphatic heterocycles. The summed E-state index contributed by atoms with van der Waals surface area (Å²) in [6, 6.07) is 7.97. The molecule has 174 valence electrons. The van der Waals surface area contributed by atoms with Crippen molar-refractivity contribution in [3.63, 3.8) is 0 Å². The van der Waals surface area contributed by atoms with E-state index in [4.69, 9.17) is 9.73 Å². The van der Waals surface area contributed by atoms with Crippen molar-refractivity contribution in [3.8, 4) is 0 Å². The van der Waals surface area contributed by atoms with Gasteiger partial charge < -0.3 is 20.3 Å². The molecule has 4 rings (SSSR count). The number of aromatic nitrogens is 2. The number of halogens is 1. The van der Waals surface area contributed by atoms with Crippen molar-refractivity contribution in [2.75, 3.05) is 31.6 Å². The van der Waals surface area contributed by atoms with Gasteiger partial charge in [0.1, 0.15) is 6.10 Å². The lowest BCUT2D eigenvalue weighted by atomic mass is 9.85. The molecule has 1 saturated heterocycles. The van der Waals surface area contributed by atoms with E-state index in [1.807, 2.05) is 43.7 Å². The quantitative estimate of drug-likeness (QED) is 0.327. The molecule has 0 radical (unpaired) electrons. The van der Waals surface area contributed by atoms with Crippen molar-refractivity contribution in [2.24, 2.45) is 18.0 Å². The van der Waals surface area contributed by atoms with E-state index in [2.05, 4.69) is 27.6 Å². The normalized spacial score (nSPS) is 19.1. The van der Waals surface area contributed by atoms with Crippen molar-refractivity contribution in [2.45, 2.75) is 38.8 Å². The van der Waals surface area contributed by atoms with Gasteiger partial charge in [-0.05, 0) is 37.5 Å². The van der Waals surface area contributed by atoms with Crippen LogP contribution in [0.3, 0.4) is 0 Å². The van der Waals surface area contributed by atoms with Crippen LogP contribution in [0.2, 0.25) is 0 Å². The third-order valence-corrected chi connectivity index (χ3v) is 5.88. The number of carbonyl (C=O) groups is 1. The number of morpholine rings is 1. The van der Waals surface area contributed by atoms with E-state index in [9.17, 15) is 4.79 Å². The predicted octanol–water partition coefficient (Wildman–Crippen LogP) is 3.32. The van der Waals surface area contributed by atoms with Crippen LogP contribution in [0, 0.1) is 5.92 Å². The number of nitrogens with zero attached hydrogens (tertiary/aromatic N) is 4. The number of anilines is 1. The van der Waals surface area contributed by atoms with Crippen LogP contribution in [0.25, 0.3) is 0 Å². The molecule has 2 heterocycles. The molecule has 1 aromatic carbocycles. The van der Waals surface area contributed by atoms with Gasteiger partial charge in [-0.2, -0.15) is 5.10 Å². The Morgan fingerprint density at radius 3 is 2.88 bits per heavy atom. The van der Waals surface area contributed by atoms with Gasteiger partial charge in [-0.3, -0.25) is 9.48 Å². The SMILES string of the molecule is CCNC(=NCc1cccc(NC(=O)C2CCC2)c1)N1CCOC(c2cnn(C)c2)C1.I. The van der Waals surface area contributed by atoms with Gasteiger partial charge in [0.2, 0.25) is 5.91 Å². The van der Waals surface area contributed by atoms with Crippen molar-refractivity contribution >= 4 is 41.5 Å². The Hall–Kier alpha value is -2.14. The Morgan fingerprint density at radius 2 is 2.19 bits per heavy atom. The summed E-state index contributed by atoms with van der Waals surface area (Å²) >= 11 is 0. The number of guanidine groups is 1. The molecule has 9 heteroatoms. The summed E-state index contributed by atoms with van der Waals surface area (Å²) in [5, 5.41) is 10.7. The Labute approximate surface area is 206 Å². The van der Waals surface area contributed by atoms with Gasteiger partial charge in [0.25, 0.3) is 0 Å². The molecule has 8 nitrogen and oxygen atoms in total. The van der Waals surface area contributed by atoms with Gasteiger partial charge in [0, 0.05) is 43.5 Å².